The summed E-state index contributed by atoms with van der Waals surface area (Å²) in [6.07, 6.45) is 4.46. The molecule has 0 aliphatic carbocycles. The van der Waals surface area contributed by atoms with Crippen LogP contribution in [0.15, 0.2) is 46.3 Å². The monoisotopic (exact) mass is 531 g/mol. The van der Waals surface area contributed by atoms with Crippen LogP contribution in [0.1, 0.15) is 56.3 Å². The van der Waals surface area contributed by atoms with E-state index in [1.807, 2.05) is 23.6 Å². The third-order valence-corrected chi connectivity index (χ3v) is 9.59. The predicted molar refractivity (Wildman–Crippen MR) is 141 cm³/mol. The number of piperidine rings is 1. The van der Waals surface area contributed by atoms with Gasteiger partial charge in [0.05, 0.1) is 29.3 Å². The predicted octanol–water partition coefficient (Wildman–Crippen LogP) is 4.82. The standard InChI is InChI=1S/C26H33N3O5S2/c1-5-14-28-21-16-22(33-3)23(34-4)17-24(21)35-26(28)27-25(30)18-10-12-20(13-11-18)36(31,32)29-15-8-7-9-19(29)6-2/h10-13,16-17,19H,5-9,14-15H2,1-4H3. The summed E-state index contributed by atoms with van der Waals surface area (Å²) < 4.78 is 41.9. The zero-order chi connectivity index (χ0) is 25.9. The van der Waals surface area contributed by atoms with E-state index in [9.17, 15) is 13.2 Å². The first-order valence-electron chi connectivity index (χ1n) is 12.3. The molecular weight excluding hydrogens is 498 g/mol. The summed E-state index contributed by atoms with van der Waals surface area (Å²) in [5, 5.41) is 0. The number of carbonyl (C=O) groups excluding carboxylic acids is 1. The van der Waals surface area contributed by atoms with Gasteiger partial charge < -0.3 is 14.0 Å². The first-order valence-corrected chi connectivity index (χ1v) is 14.6. The fourth-order valence-corrected chi connectivity index (χ4v) is 7.51. The number of hydrogen-bond acceptors (Lipinski definition) is 6. The van der Waals surface area contributed by atoms with Crippen molar-refractivity contribution >= 4 is 37.5 Å². The number of amides is 1. The molecule has 0 saturated carbocycles. The van der Waals surface area contributed by atoms with Gasteiger partial charge in [-0.05, 0) is 49.9 Å². The Bertz CT molecular complexity index is 1410. The van der Waals surface area contributed by atoms with E-state index < -0.39 is 15.9 Å². The molecule has 2 aromatic carbocycles. The molecule has 10 heteroatoms. The van der Waals surface area contributed by atoms with Gasteiger partial charge in [0.15, 0.2) is 16.3 Å². The number of fused-ring (bicyclic) bond motifs is 1. The second-order valence-electron chi connectivity index (χ2n) is 8.83. The molecule has 0 N–H and O–H groups in total. The SMILES string of the molecule is CCCn1c(=NC(=O)c2ccc(S(=O)(=O)N3CCCCC3CC)cc2)sc2cc(OC)c(OC)cc21. The van der Waals surface area contributed by atoms with E-state index in [4.69, 9.17) is 9.47 Å². The Kier molecular flexibility index (Phi) is 8.17. The number of carbonyl (C=O) groups is 1. The number of hydrogen-bond donors (Lipinski definition) is 0. The Labute approximate surface area is 216 Å². The second-order valence-corrected chi connectivity index (χ2v) is 11.7. The number of thiazole rings is 1. The fraction of sp³-hybridized carbons (Fsp3) is 0.462. The molecule has 0 radical (unpaired) electrons. The van der Waals surface area contributed by atoms with Crippen LogP contribution in [0, 0.1) is 0 Å². The number of sulfonamides is 1. The summed E-state index contributed by atoms with van der Waals surface area (Å²) in [7, 11) is -0.427. The first kappa shape index (κ1) is 26.4. The van der Waals surface area contributed by atoms with E-state index in [2.05, 4.69) is 11.9 Å². The zero-order valence-corrected chi connectivity index (χ0v) is 22.8. The van der Waals surface area contributed by atoms with E-state index >= 15 is 0 Å². The topological polar surface area (TPSA) is 90.2 Å². The van der Waals surface area contributed by atoms with Crippen LogP contribution in [0.3, 0.4) is 0 Å². The highest BCUT2D eigenvalue weighted by atomic mass is 32.2. The minimum absolute atomic E-state index is 0.0271. The van der Waals surface area contributed by atoms with E-state index in [0.717, 1.165) is 42.3 Å². The normalized spacial score (nSPS) is 17.4. The average Bonchev–Trinajstić information content (AvgIpc) is 3.23. The van der Waals surface area contributed by atoms with Crippen LogP contribution in [0.25, 0.3) is 10.2 Å². The number of aromatic nitrogens is 1. The van der Waals surface area contributed by atoms with Crippen molar-refractivity contribution in [1.29, 1.82) is 0 Å². The highest BCUT2D eigenvalue weighted by molar-refractivity contribution is 7.89. The summed E-state index contributed by atoms with van der Waals surface area (Å²) in [5.41, 5.74) is 1.26. The van der Waals surface area contributed by atoms with Crippen molar-refractivity contribution in [3.8, 4) is 11.5 Å². The molecule has 194 valence electrons. The van der Waals surface area contributed by atoms with Crippen LogP contribution in [0.2, 0.25) is 0 Å². The third kappa shape index (κ3) is 5.07. The van der Waals surface area contributed by atoms with Crippen LogP contribution in [0.4, 0.5) is 0 Å². The second kappa shape index (κ2) is 11.1. The molecule has 1 saturated heterocycles. The number of rotatable bonds is 8. The van der Waals surface area contributed by atoms with E-state index in [1.165, 1.54) is 23.5 Å². The number of ether oxygens (including phenoxy) is 2. The van der Waals surface area contributed by atoms with Gasteiger partial charge in [0, 0.05) is 36.8 Å². The molecule has 2 heterocycles. The van der Waals surface area contributed by atoms with E-state index in [0.29, 0.717) is 35.0 Å². The lowest BCUT2D eigenvalue weighted by Gasteiger charge is -2.34. The lowest BCUT2D eigenvalue weighted by Crippen LogP contribution is -2.43. The maximum Gasteiger partial charge on any atom is 0.279 e. The summed E-state index contributed by atoms with van der Waals surface area (Å²) in [5.74, 6) is 0.809. The zero-order valence-electron chi connectivity index (χ0n) is 21.2. The summed E-state index contributed by atoms with van der Waals surface area (Å²) in [4.78, 5) is 18.3. The Morgan fingerprint density at radius 2 is 1.78 bits per heavy atom. The molecule has 1 aliphatic heterocycles. The molecule has 1 fully saturated rings. The van der Waals surface area contributed by atoms with Crippen molar-refractivity contribution in [2.75, 3.05) is 20.8 Å². The number of benzene rings is 2. The summed E-state index contributed by atoms with van der Waals surface area (Å²) in [6, 6.07) is 9.94. The fourth-order valence-electron chi connectivity index (χ4n) is 4.68. The van der Waals surface area contributed by atoms with Gasteiger partial charge >= 0.3 is 0 Å². The molecule has 1 amide bonds. The Morgan fingerprint density at radius 3 is 2.42 bits per heavy atom. The van der Waals surface area contributed by atoms with E-state index in [1.54, 1.807) is 30.7 Å². The average molecular weight is 532 g/mol. The van der Waals surface area contributed by atoms with Gasteiger partial charge in [-0.2, -0.15) is 9.30 Å². The molecule has 3 aromatic rings. The summed E-state index contributed by atoms with van der Waals surface area (Å²) in [6.45, 7) is 5.31. The molecule has 0 spiro atoms. The van der Waals surface area contributed by atoms with Gasteiger partial charge in [-0.15, -0.1) is 0 Å². The van der Waals surface area contributed by atoms with Crippen molar-refractivity contribution in [3.63, 3.8) is 0 Å². The van der Waals surface area contributed by atoms with Gasteiger partial charge in [0.2, 0.25) is 10.0 Å². The first-order chi connectivity index (χ1) is 17.3. The number of methoxy groups -OCH3 is 2. The quantitative estimate of drug-likeness (QED) is 0.416. The minimum atomic E-state index is -3.60. The highest BCUT2D eigenvalue weighted by Gasteiger charge is 2.32. The molecule has 1 atom stereocenters. The van der Waals surface area contributed by atoms with Gasteiger partial charge in [-0.1, -0.05) is 31.6 Å². The van der Waals surface area contributed by atoms with Crippen molar-refractivity contribution in [3.05, 3.63) is 46.8 Å². The van der Waals surface area contributed by atoms with Gasteiger partial charge in [0.1, 0.15) is 0 Å². The lowest BCUT2D eigenvalue weighted by molar-refractivity contribution is 0.0997. The van der Waals surface area contributed by atoms with Gasteiger partial charge in [-0.25, -0.2) is 8.42 Å². The van der Waals surface area contributed by atoms with Crippen LogP contribution in [-0.2, 0) is 16.6 Å². The molecule has 36 heavy (non-hydrogen) atoms. The number of nitrogens with zero attached hydrogens (tertiary/aromatic N) is 3. The van der Waals surface area contributed by atoms with Crippen LogP contribution < -0.4 is 14.3 Å². The smallest absolute Gasteiger partial charge is 0.279 e. The summed E-state index contributed by atoms with van der Waals surface area (Å²) >= 11 is 1.40. The van der Waals surface area contributed by atoms with Crippen molar-refractivity contribution in [1.82, 2.24) is 8.87 Å². The maximum atomic E-state index is 13.2. The van der Waals surface area contributed by atoms with Crippen LogP contribution in [-0.4, -0.2) is 50.0 Å². The highest BCUT2D eigenvalue weighted by Crippen LogP contribution is 2.33. The Hall–Kier alpha value is -2.69. The van der Waals surface area contributed by atoms with Crippen molar-refractivity contribution < 1.29 is 22.7 Å². The van der Waals surface area contributed by atoms with Gasteiger partial charge in [-0.3, -0.25) is 4.79 Å². The van der Waals surface area contributed by atoms with E-state index in [-0.39, 0.29) is 10.9 Å². The molecule has 4 rings (SSSR count). The lowest BCUT2D eigenvalue weighted by atomic mass is 10.0. The third-order valence-electron chi connectivity index (χ3n) is 6.58. The minimum Gasteiger partial charge on any atom is -0.493 e. The molecule has 1 aromatic heterocycles. The largest absolute Gasteiger partial charge is 0.493 e. The Morgan fingerprint density at radius 1 is 1.08 bits per heavy atom. The van der Waals surface area contributed by atoms with Gasteiger partial charge in [0.25, 0.3) is 5.91 Å². The van der Waals surface area contributed by atoms with Crippen LogP contribution >= 0.6 is 11.3 Å². The van der Waals surface area contributed by atoms with Crippen molar-refractivity contribution in [2.45, 2.75) is 63.4 Å². The molecule has 1 unspecified atom stereocenters. The molecular formula is C26H33N3O5S2. The Balaban J connectivity index is 1.67. The molecule has 8 nitrogen and oxygen atoms in total. The molecule has 0 bridgehead atoms. The number of aryl methyl sites for hydroxylation is 1. The van der Waals surface area contributed by atoms with Crippen molar-refractivity contribution in [2.24, 2.45) is 4.99 Å². The van der Waals surface area contributed by atoms with Crippen LogP contribution in [0.5, 0.6) is 11.5 Å². The molecule has 1 aliphatic rings. The maximum absolute atomic E-state index is 13.2.